The summed E-state index contributed by atoms with van der Waals surface area (Å²) in [5.74, 6) is -0.173. The Bertz CT molecular complexity index is 1720. The number of sulfonamides is 1. The van der Waals surface area contributed by atoms with Gasteiger partial charge in [-0.15, -0.1) is 0 Å². The van der Waals surface area contributed by atoms with Gasteiger partial charge in [-0.05, 0) is 53.9 Å². The van der Waals surface area contributed by atoms with Crippen LogP contribution in [-0.4, -0.2) is 58.5 Å². The van der Waals surface area contributed by atoms with Crippen molar-refractivity contribution in [3.8, 4) is 11.5 Å². The Morgan fingerprint density at radius 3 is 2.11 bits per heavy atom. The number of halogens is 1. The first-order valence-electron chi connectivity index (χ1n) is 14.8. The van der Waals surface area contributed by atoms with Crippen LogP contribution in [0, 0.1) is 0 Å². The number of ether oxygens (including phenoxy) is 2. The molecule has 0 saturated carbocycles. The van der Waals surface area contributed by atoms with Crippen molar-refractivity contribution in [3.05, 3.63) is 119 Å². The van der Waals surface area contributed by atoms with E-state index in [9.17, 15) is 18.0 Å². The Kier molecular flexibility index (Phi) is 12.2. The number of hydrogen-bond acceptors (Lipinski definition) is 6. The lowest BCUT2D eigenvalue weighted by Crippen LogP contribution is -2.53. The van der Waals surface area contributed by atoms with Crippen molar-refractivity contribution in [1.29, 1.82) is 0 Å². The number of anilines is 1. The van der Waals surface area contributed by atoms with Gasteiger partial charge in [0.05, 0.1) is 24.8 Å². The van der Waals surface area contributed by atoms with E-state index in [2.05, 4.69) is 21.2 Å². The molecule has 0 saturated heterocycles. The van der Waals surface area contributed by atoms with Gasteiger partial charge in [0, 0.05) is 30.0 Å². The Labute approximate surface area is 279 Å². The van der Waals surface area contributed by atoms with Crippen molar-refractivity contribution in [1.82, 2.24) is 10.2 Å². The molecule has 4 aromatic rings. The van der Waals surface area contributed by atoms with Crippen LogP contribution in [0.3, 0.4) is 0 Å². The smallest absolute Gasteiger partial charge is 0.264 e. The molecule has 0 aliphatic carbocycles. The molecule has 9 nitrogen and oxygen atoms in total. The maximum atomic E-state index is 14.6. The van der Waals surface area contributed by atoms with Crippen LogP contribution in [0.5, 0.6) is 11.5 Å². The number of amides is 2. The van der Waals surface area contributed by atoms with E-state index in [0.717, 1.165) is 19.9 Å². The molecule has 4 rings (SSSR count). The molecule has 0 aromatic heterocycles. The normalized spacial score (nSPS) is 11.7. The second-order valence-electron chi connectivity index (χ2n) is 10.5. The van der Waals surface area contributed by atoms with Crippen molar-refractivity contribution < 1.29 is 27.5 Å². The number of hydrogen-bond donors (Lipinski definition) is 1. The Hall–Kier alpha value is -4.35. The van der Waals surface area contributed by atoms with Gasteiger partial charge in [0.15, 0.2) is 11.5 Å². The van der Waals surface area contributed by atoms with Gasteiger partial charge in [-0.2, -0.15) is 0 Å². The minimum absolute atomic E-state index is 0.0117. The van der Waals surface area contributed by atoms with Crippen LogP contribution in [0.15, 0.2) is 112 Å². The topological polar surface area (TPSA) is 105 Å². The van der Waals surface area contributed by atoms with Crippen LogP contribution in [0.2, 0.25) is 0 Å². The van der Waals surface area contributed by atoms with E-state index < -0.39 is 28.5 Å². The van der Waals surface area contributed by atoms with Crippen molar-refractivity contribution in [2.75, 3.05) is 31.6 Å². The second kappa shape index (κ2) is 16.3. The van der Waals surface area contributed by atoms with Gasteiger partial charge in [-0.1, -0.05) is 83.5 Å². The standard InChI is InChI=1S/C35H38BrN3O6S/c1-4-20-37-35(41)31(22-26-12-7-5-8-13-26)38(24-27-14-11-15-28(36)21-27)34(40)25-39(46(42,43)30-16-9-6-10-17-30)29-18-19-32(44-2)33(23-29)45-3/h5-19,21,23,31H,4,20,22,24-25H2,1-3H3,(H,37,41)/t31-/m1/s1. The number of carbonyl (C=O) groups is 2. The molecule has 1 atom stereocenters. The molecule has 0 fully saturated rings. The summed E-state index contributed by atoms with van der Waals surface area (Å²) in [7, 11) is -1.31. The molecular formula is C35H38BrN3O6S. The monoisotopic (exact) mass is 707 g/mol. The van der Waals surface area contributed by atoms with E-state index in [1.165, 1.54) is 37.3 Å². The average Bonchev–Trinajstić information content (AvgIpc) is 3.08. The molecule has 0 radical (unpaired) electrons. The van der Waals surface area contributed by atoms with Crippen LogP contribution in [0.1, 0.15) is 24.5 Å². The molecule has 46 heavy (non-hydrogen) atoms. The van der Waals surface area contributed by atoms with E-state index in [4.69, 9.17) is 9.47 Å². The van der Waals surface area contributed by atoms with Crippen LogP contribution < -0.4 is 19.1 Å². The molecule has 0 bridgehead atoms. The Morgan fingerprint density at radius 1 is 0.826 bits per heavy atom. The van der Waals surface area contributed by atoms with Gasteiger partial charge in [0.25, 0.3) is 10.0 Å². The Morgan fingerprint density at radius 2 is 1.48 bits per heavy atom. The Balaban J connectivity index is 1.83. The third kappa shape index (κ3) is 8.67. The van der Waals surface area contributed by atoms with Gasteiger partial charge >= 0.3 is 0 Å². The zero-order valence-electron chi connectivity index (χ0n) is 26.1. The van der Waals surface area contributed by atoms with Crippen molar-refractivity contribution in [2.24, 2.45) is 0 Å². The lowest BCUT2D eigenvalue weighted by molar-refractivity contribution is -0.140. The minimum atomic E-state index is -4.24. The number of methoxy groups -OCH3 is 2. The number of benzene rings is 4. The third-order valence-corrected chi connectivity index (χ3v) is 9.61. The average molecular weight is 709 g/mol. The molecule has 0 spiro atoms. The van der Waals surface area contributed by atoms with Crippen LogP contribution >= 0.6 is 15.9 Å². The number of nitrogens with one attached hydrogen (secondary N) is 1. The molecule has 242 valence electrons. The quantitative estimate of drug-likeness (QED) is 0.167. The highest BCUT2D eigenvalue weighted by atomic mass is 79.9. The fourth-order valence-corrected chi connectivity index (χ4v) is 6.85. The molecular weight excluding hydrogens is 670 g/mol. The fourth-order valence-electron chi connectivity index (χ4n) is 4.98. The highest BCUT2D eigenvalue weighted by Crippen LogP contribution is 2.34. The summed E-state index contributed by atoms with van der Waals surface area (Å²) in [6, 6.07) is 28.5. The van der Waals surface area contributed by atoms with E-state index in [1.54, 1.807) is 30.3 Å². The second-order valence-corrected chi connectivity index (χ2v) is 13.3. The van der Waals surface area contributed by atoms with Crippen LogP contribution in [0.25, 0.3) is 0 Å². The summed E-state index contributed by atoms with van der Waals surface area (Å²) < 4.78 is 41.0. The van der Waals surface area contributed by atoms with E-state index in [0.29, 0.717) is 24.5 Å². The van der Waals surface area contributed by atoms with Crippen LogP contribution in [-0.2, 0) is 32.6 Å². The molecule has 1 N–H and O–H groups in total. The summed E-state index contributed by atoms with van der Waals surface area (Å²) in [5.41, 5.74) is 1.83. The summed E-state index contributed by atoms with van der Waals surface area (Å²) in [6.07, 6.45) is 0.948. The van der Waals surface area contributed by atoms with Gasteiger partial charge in [-0.3, -0.25) is 13.9 Å². The fraction of sp³-hybridized carbons (Fsp3) is 0.257. The molecule has 11 heteroatoms. The molecule has 4 aromatic carbocycles. The molecule has 0 unspecified atom stereocenters. The number of nitrogens with zero attached hydrogens (tertiary/aromatic N) is 2. The van der Waals surface area contributed by atoms with Crippen molar-refractivity contribution in [2.45, 2.75) is 37.2 Å². The minimum Gasteiger partial charge on any atom is -0.493 e. The predicted octanol–water partition coefficient (Wildman–Crippen LogP) is 5.83. The van der Waals surface area contributed by atoms with E-state index in [1.807, 2.05) is 61.5 Å². The first-order chi connectivity index (χ1) is 22.2. The summed E-state index contributed by atoms with van der Waals surface area (Å²) in [5, 5.41) is 2.95. The highest BCUT2D eigenvalue weighted by Gasteiger charge is 2.35. The molecule has 0 aliphatic rings. The summed E-state index contributed by atoms with van der Waals surface area (Å²) in [6.45, 7) is 1.88. The maximum Gasteiger partial charge on any atom is 0.264 e. The first kappa shape index (κ1) is 34.5. The largest absolute Gasteiger partial charge is 0.493 e. The molecule has 0 heterocycles. The van der Waals surface area contributed by atoms with Crippen molar-refractivity contribution >= 4 is 43.5 Å². The summed E-state index contributed by atoms with van der Waals surface area (Å²) >= 11 is 3.50. The zero-order valence-corrected chi connectivity index (χ0v) is 28.5. The van der Waals surface area contributed by atoms with Gasteiger partial charge in [0.1, 0.15) is 12.6 Å². The highest BCUT2D eigenvalue weighted by molar-refractivity contribution is 9.10. The SMILES string of the molecule is CCCNC(=O)[C@@H](Cc1ccccc1)N(Cc1cccc(Br)c1)C(=O)CN(c1ccc(OC)c(OC)c1)S(=O)(=O)c1ccccc1. The number of rotatable bonds is 15. The van der Waals surface area contributed by atoms with Crippen molar-refractivity contribution in [3.63, 3.8) is 0 Å². The first-order valence-corrected chi connectivity index (χ1v) is 17.1. The van der Waals surface area contributed by atoms with Crippen LogP contribution in [0.4, 0.5) is 5.69 Å². The maximum absolute atomic E-state index is 14.6. The predicted molar refractivity (Wildman–Crippen MR) is 182 cm³/mol. The lowest BCUT2D eigenvalue weighted by Gasteiger charge is -2.34. The van der Waals surface area contributed by atoms with Gasteiger partial charge < -0.3 is 19.7 Å². The van der Waals surface area contributed by atoms with Gasteiger partial charge in [-0.25, -0.2) is 8.42 Å². The lowest BCUT2D eigenvalue weighted by atomic mass is 10.0. The van der Waals surface area contributed by atoms with Gasteiger partial charge in [0.2, 0.25) is 11.8 Å². The molecule has 0 aliphatic heterocycles. The third-order valence-electron chi connectivity index (χ3n) is 7.33. The molecule has 2 amide bonds. The number of carbonyl (C=O) groups excluding carboxylic acids is 2. The van der Waals surface area contributed by atoms with E-state index in [-0.39, 0.29) is 29.5 Å². The summed E-state index contributed by atoms with van der Waals surface area (Å²) in [4.78, 5) is 29.8. The zero-order chi connectivity index (χ0) is 33.1. The van der Waals surface area contributed by atoms with E-state index >= 15 is 0 Å².